The van der Waals surface area contributed by atoms with Gasteiger partial charge in [0, 0.05) is 31.6 Å². The highest BCUT2D eigenvalue weighted by Gasteiger charge is 2.37. The van der Waals surface area contributed by atoms with Crippen molar-refractivity contribution in [2.45, 2.75) is 44.4 Å². The smallest absolute Gasteiger partial charge is 0.261 e. The number of para-hydroxylation sites is 1. The molecule has 3 aromatic rings. The average molecular weight is 331 g/mol. The molecule has 0 N–H and O–H groups in total. The summed E-state index contributed by atoms with van der Waals surface area (Å²) >= 11 is 0. The highest BCUT2D eigenvalue weighted by molar-refractivity contribution is 5.77. The van der Waals surface area contributed by atoms with Crippen LogP contribution in [0.2, 0.25) is 0 Å². The maximum atomic E-state index is 13.0. The van der Waals surface area contributed by atoms with Crippen LogP contribution >= 0.6 is 0 Å². The van der Waals surface area contributed by atoms with E-state index in [1.807, 2.05) is 28.8 Å². The molecular formula is C21H21N3O. The molecular weight excluding hydrogens is 310 g/mol. The van der Waals surface area contributed by atoms with Crippen molar-refractivity contribution in [1.29, 1.82) is 0 Å². The number of rotatable bonds is 2. The molecule has 2 aliphatic rings. The Hall–Kier alpha value is -2.46. The zero-order valence-electron chi connectivity index (χ0n) is 14.1. The van der Waals surface area contributed by atoms with Crippen LogP contribution < -0.4 is 5.56 Å². The molecule has 1 saturated heterocycles. The molecule has 1 fully saturated rings. The van der Waals surface area contributed by atoms with E-state index in [0.717, 1.165) is 42.7 Å². The Morgan fingerprint density at radius 2 is 1.72 bits per heavy atom. The zero-order valence-corrected chi connectivity index (χ0v) is 14.1. The van der Waals surface area contributed by atoms with Crippen molar-refractivity contribution < 1.29 is 0 Å². The van der Waals surface area contributed by atoms with E-state index in [9.17, 15) is 4.79 Å². The van der Waals surface area contributed by atoms with Crippen LogP contribution in [-0.4, -0.2) is 26.5 Å². The molecule has 25 heavy (non-hydrogen) atoms. The highest BCUT2D eigenvalue weighted by Crippen LogP contribution is 2.32. The third kappa shape index (κ3) is 2.48. The van der Waals surface area contributed by atoms with E-state index in [-0.39, 0.29) is 5.56 Å². The lowest BCUT2D eigenvalue weighted by atomic mass is 10.1. The average Bonchev–Trinajstić information content (AvgIpc) is 2.92. The molecule has 0 spiro atoms. The van der Waals surface area contributed by atoms with Crippen LogP contribution in [0.15, 0.2) is 59.4 Å². The quantitative estimate of drug-likeness (QED) is 0.724. The molecule has 2 aromatic carbocycles. The van der Waals surface area contributed by atoms with Crippen molar-refractivity contribution in [3.05, 3.63) is 76.3 Å². The van der Waals surface area contributed by atoms with E-state index in [4.69, 9.17) is 4.98 Å². The van der Waals surface area contributed by atoms with E-state index in [2.05, 4.69) is 35.2 Å². The van der Waals surface area contributed by atoms with Gasteiger partial charge in [0.25, 0.3) is 5.56 Å². The maximum Gasteiger partial charge on any atom is 0.261 e. The topological polar surface area (TPSA) is 38.1 Å². The molecule has 0 aliphatic carbocycles. The van der Waals surface area contributed by atoms with E-state index >= 15 is 0 Å². The Kier molecular flexibility index (Phi) is 3.45. The van der Waals surface area contributed by atoms with Crippen LogP contribution in [0.25, 0.3) is 10.9 Å². The lowest BCUT2D eigenvalue weighted by molar-refractivity contribution is 0.180. The second-order valence-corrected chi connectivity index (χ2v) is 7.21. The molecule has 2 aliphatic heterocycles. The number of aromatic nitrogens is 2. The van der Waals surface area contributed by atoms with Crippen LogP contribution in [0.5, 0.6) is 0 Å². The molecule has 4 nitrogen and oxygen atoms in total. The zero-order chi connectivity index (χ0) is 16.8. The largest absolute Gasteiger partial charge is 0.294 e. The summed E-state index contributed by atoms with van der Waals surface area (Å²) in [6.45, 7) is 1.72. The standard InChI is InChI=1S/C21H21N3O/c25-21-18-8-4-5-9-19(18)22-20-12-16-10-11-17(14-24(20)21)23(16)13-15-6-2-1-3-7-15/h1-9,16-17H,10-14H2/t16-,17-/m1/s1. The fourth-order valence-electron chi connectivity index (χ4n) is 4.46. The van der Waals surface area contributed by atoms with Crippen LogP contribution in [0.4, 0.5) is 0 Å². The second kappa shape index (κ2) is 5.81. The SMILES string of the molecule is O=c1c2ccccc2nc2n1C[C@H]1CC[C@H](C2)N1Cc1ccccc1. The highest BCUT2D eigenvalue weighted by atomic mass is 16.1. The Morgan fingerprint density at radius 3 is 2.60 bits per heavy atom. The lowest BCUT2D eigenvalue weighted by Crippen LogP contribution is -2.37. The summed E-state index contributed by atoms with van der Waals surface area (Å²) in [5, 5.41) is 0.735. The fraction of sp³-hybridized carbons (Fsp3) is 0.333. The molecule has 3 heterocycles. The molecule has 4 heteroatoms. The van der Waals surface area contributed by atoms with Crippen molar-refractivity contribution in [2.24, 2.45) is 0 Å². The predicted octanol–water partition coefficient (Wildman–Crippen LogP) is 2.99. The Balaban J connectivity index is 1.55. The third-order valence-electron chi connectivity index (χ3n) is 5.73. The first-order valence-corrected chi connectivity index (χ1v) is 9.08. The van der Waals surface area contributed by atoms with Gasteiger partial charge in [-0.1, -0.05) is 42.5 Å². The Labute approximate surface area is 146 Å². The van der Waals surface area contributed by atoms with Gasteiger partial charge < -0.3 is 0 Å². The van der Waals surface area contributed by atoms with Crippen molar-refractivity contribution in [3.8, 4) is 0 Å². The molecule has 2 bridgehead atoms. The van der Waals surface area contributed by atoms with Gasteiger partial charge in [0.2, 0.25) is 0 Å². The first-order chi connectivity index (χ1) is 12.3. The van der Waals surface area contributed by atoms with Crippen LogP contribution in [-0.2, 0) is 19.5 Å². The van der Waals surface area contributed by atoms with Gasteiger partial charge in [-0.05, 0) is 30.5 Å². The minimum absolute atomic E-state index is 0.118. The minimum atomic E-state index is 0.118. The van der Waals surface area contributed by atoms with E-state index in [0.29, 0.717) is 12.1 Å². The summed E-state index contributed by atoms with van der Waals surface area (Å²) in [4.78, 5) is 20.4. The van der Waals surface area contributed by atoms with Gasteiger partial charge in [0.15, 0.2) is 0 Å². The summed E-state index contributed by atoms with van der Waals surface area (Å²) in [7, 11) is 0. The third-order valence-corrected chi connectivity index (χ3v) is 5.73. The van der Waals surface area contributed by atoms with Gasteiger partial charge in [-0.3, -0.25) is 14.3 Å². The summed E-state index contributed by atoms with van der Waals surface area (Å²) in [6.07, 6.45) is 3.22. The van der Waals surface area contributed by atoms with Crippen molar-refractivity contribution >= 4 is 10.9 Å². The second-order valence-electron chi connectivity index (χ2n) is 7.21. The molecule has 1 aromatic heterocycles. The van der Waals surface area contributed by atoms with Crippen LogP contribution in [0.1, 0.15) is 24.2 Å². The van der Waals surface area contributed by atoms with Crippen LogP contribution in [0, 0.1) is 0 Å². The normalized spacial score (nSPS) is 22.7. The van der Waals surface area contributed by atoms with Gasteiger partial charge in [-0.2, -0.15) is 0 Å². The predicted molar refractivity (Wildman–Crippen MR) is 98.5 cm³/mol. The molecule has 0 saturated carbocycles. The molecule has 126 valence electrons. The number of hydrogen-bond acceptors (Lipinski definition) is 3. The van der Waals surface area contributed by atoms with Crippen molar-refractivity contribution in [3.63, 3.8) is 0 Å². The Bertz CT molecular complexity index is 979. The van der Waals surface area contributed by atoms with Gasteiger partial charge in [-0.25, -0.2) is 4.98 Å². The van der Waals surface area contributed by atoms with Crippen LogP contribution in [0.3, 0.4) is 0 Å². The fourth-order valence-corrected chi connectivity index (χ4v) is 4.46. The molecule has 2 atom stereocenters. The number of hydrogen-bond donors (Lipinski definition) is 0. The number of benzene rings is 2. The first kappa shape index (κ1) is 14.8. The molecule has 5 rings (SSSR count). The van der Waals surface area contributed by atoms with E-state index in [1.54, 1.807) is 0 Å². The van der Waals surface area contributed by atoms with Crippen molar-refractivity contribution in [1.82, 2.24) is 14.5 Å². The van der Waals surface area contributed by atoms with E-state index < -0.39 is 0 Å². The summed E-state index contributed by atoms with van der Waals surface area (Å²) in [6, 6.07) is 19.3. The minimum Gasteiger partial charge on any atom is -0.294 e. The first-order valence-electron chi connectivity index (χ1n) is 9.08. The molecule has 0 amide bonds. The van der Waals surface area contributed by atoms with Gasteiger partial charge in [0.1, 0.15) is 5.82 Å². The summed E-state index contributed by atoms with van der Waals surface area (Å²) < 4.78 is 1.93. The van der Waals surface area contributed by atoms with Gasteiger partial charge in [0.05, 0.1) is 10.9 Å². The summed E-state index contributed by atoms with van der Waals surface area (Å²) in [5.74, 6) is 0.953. The number of fused-ring (bicyclic) bond motifs is 4. The van der Waals surface area contributed by atoms with Gasteiger partial charge in [-0.15, -0.1) is 0 Å². The van der Waals surface area contributed by atoms with Crippen molar-refractivity contribution in [2.75, 3.05) is 0 Å². The monoisotopic (exact) mass is 331 g/mol. The maximum absolute atomic E-state index is 13.0. The number of nitrogens with zero attached hydrogens (tertiary/aromatic N) is 3. The molecule has 0 unspecified atom stereocenters. The molecule has 0 radical (unpaired) electrons. The van der Waals surface area contributed by atoms with E-state index in [1.165, 1.54) is 12.0 Å². The van der Waals surface area contributed by atoms with Gasteiger partial charge >= 0.3 is 0 Å². The lowest BCUT2D eigenvalue weighted by Gasteiger charge is -2.27. The Morgan fingerprint density at radius 1 is 0.960 bits per heavy atom. The summed E-state index contributed by atoms with van der Waals surface area (Å²) in [5.41, 5.74) is 2.29.